The van der Waals surface area contributed by atoms with Crippen molar-refractivity contribution >= 4 is 21.6 Å². The van der Waals surface area contributed by atoms with Crippen LogP contribution in [0.3, 0.4) is 0 Å². The molecule has 0 spiro atoms. The number of rotatable bonds is 2. The average molecular weight is 304 g/mol. The van der Waals surface area contributed by atoms with Crippen molar-refractivity contribution in [1.82, 2.24) is 14.6 Å². The van der Waals surface area contributed by atoms with Crippen LogP contribution >= 0.6 is 15.9 Å². The van der Waals surface area contributed by atoms with Gasteiger partial charge < -0.3 is 4.74 Å². The van der Waals surface area contributed by atoms with Gasteiger partial charge in [0.1, 0.15) is 5.75 Å². The maximum atomic E-state index is 5.77. The van der Waals surface area contributed by atoms with Gasteiger partial charge in [0.25, 0.3) is 0 Å². The lowest BCUT2D eigenvalue weighted by Gasteiger charge is -2.08. The molecular formula is C13H10BrN3O. The van der Waals surface area contributed by atoms with Gasteiger partial charge in [-0.2, -0.15) is 10.1 Å². The Morgan fingerprint density at radius 3 is 2.94 bits per heavy atom. The number of hydrogen-bond donors (Lipinski definition) is 0. The van der Waals surface area contributed by atoms with E-state index in [9.17, 15) is 0 Å². The molecule has 18 heavy (non-hydrogen) atoms. The van der Waals surface area contributed by atoms with Gasteiger partial charge in [-0.25, -0.2) is 4.52 Å². The molecule has 2 aromatic heterocycles. The number of fused-ring (bicyclic) bond motifs is 1. The summed E-state index contributed by atoms with van der Waals surface area (Å²) in [6, 6.07) is 9.50. The van der Waals surface area contributed by atoms with Crippen molar-refractivity contribution in [2.75, 3.05) is 0 Å². The minimum absolute atomic E-state index is 0.563. The molecule has 3 aromatic rings. The van der Waals surface area contributed by atoms with Crippen molar-refractivity contribution in [3.05, 3.63) is 52.8 Å². The summed E-state index contributed by atoms with van der Waals surface area (Å²) in [5.74, 6) is 1.36. The summed E-state index contributed by atoms with van der Waals surface area (Å²) < 4.78 is 8.50. The first-order chi connectivity index (χ1) is 8.72. The van der Waals surface area contributed by atoms with Crippen LogP contribution in [0.15, 0.2) is 47.2 Å². The molecule has 0 N–H and O–H groups in total. The molecule has 3 rings (SSSR count). The number of nitrogens with zero attached hydrogens (tertiary/aromatic N) is 3. The topological polar surface area (TPSA) is 39.4 Å². The van der Waals surface area contributed by atoms with E-state index < -0.39 is 0 Å². The van der Waals surface area contributed by atoms with E-state index in [4.69, 9.17) is 4.74 Å². The first-order valence-corrected chi connectivity index (χ1v) is 6.26. The lowest BCUT2D eigenvalue weighted by molar-refractivity contribution is 0.459. The maximum absolute atomic E-state index is 5.77. The quantitative estimate of drug-likeness (QED) is 0.726. The number of hydrogen-bond acceptors (Lipinski definition) is 3. The molecule has 0 saturated carbocycles. The van der Waals surface area contributed by atoms with E-state index in [0.717, 1.165) is 21.4 Å². The zero-order valence-corrected chi connectivity index (χ0v) is 11.3. The van der Waals surface area contributed by atoms with Crippen LogP contribution in [0.25, 0.3) is 5.65 Å². The van der Waals surface area contributed by atoms with Crippen LogP contribution in [0.4, 0.5) is 0 Å². The second-order valence-electron chi connectivity index (χ2n) is 3.91. The predicted octanol–water partition coefficient (Wildman–Crippen LogP) is 3.59. The molecule has 0 fully saturated rings. The van der Waals surface area contributed by atoms with Crippen LogP contribution in [0, 0.1) is 6.92 Å². The lowest BCUT2D eigenvalue weighted by Crippen LogP contribution is -1.94. The van der Waals surface area contributed by atoms with Crippen LogP contribution in [-0.2, 0) is 0 Å². The summed E-state index contributed by atoms with van der Waals surface area (Å²) in [5, 5.41) is 4.09. The molecule has 0 aliphatic rings. The molecule has 0 saturated heterocycles. The molecule has 4 nitrogen and oxygen atoms in total. The minimum Gasteiger partial charge on any atom is -0.439 e. The van der Waals surface area contributed by atoms with Crippen LogP contribution in [0.2, 0.25) is 0 Å². The second kappa shape index (κ2) is 4.42. The van der Waals surface area contributed by atoms with E-state index in [2.05, 4.69) is 26.0 Å². The van der Waals surface area contributed by atoms with E-state index in [-0.39, 0.29) is 0 Å². The molecule has 0 radical (unpaired) electrons. The van der Waals surface area contributed by atoms with Gasteiger partial charge >= 0.3 is 0 Å². The molecular weight excluding hydrogens is 294 g/mol. The van der Waals surface area contributed by atoms with Crippen molar-refractivity contribution < 1.29 is 4.74 Å². The number of ether oxygens (including phenoxy) is 1. The van der Waals surface area contributed by atoms with Gasteiger partial charge in [-0.05, 0) is 30.7 Å². The van der Waals surface area contributed by atoms with Gasteiger partial charge in [0, 0.05) is 22.8 Å². The maximum Gasteiger partial charge on any atom is 0.222 e. The monoisotopic (exact) mass is 303 g/mol. The molecule has 1 aromatic carbocycles. The van der Waals surface area contributed by atoms with Crippen LogP contribution in [0.5, 0.6) is 11.6 Å². The number of aromatic nitrogens is 3. The highest BCUT2D eigenvalue weighted by Gasteiger charge is 2.04. The molecule has 0 bridgehead atoms. The number of aryl methyl sites for hydroxylation is 1. The molecule has 5 heteroatoms. The van der Waals surface area contributed by atoms with Gasteiger partial charge in [0.05, 0.1) is 6.20 Å². The molecule has 0 aliphatic carbocycles. The van der Waals surface area contributed by atoms with Crippen LogP contribution in [-0.4, -0.2) is 14.6 Å². The molecule has 90 valence electrons. The van der Waals surface area contributed by atoms with E-state index in [0.29, 0.717) is 5.88 Å². The molecule has 0 unspecified atom stereocenters. The fourth-order valence-electron chi connectivity index (χ4n) is 1.69. The highest BCUT2D eigenvalue weighted by Crippen LogP contribution is 2.26. The Balaban J connectivity index is 1.95. The summed E-state index contributed by atoms with van der Waals surface area (Å²) in [6.07, 6.45) is 3.53. The fourth-order valence-corrected chi connectivity index (χ4v) is 2.17. The Labute approximate surface area is 112 Å². The van der Waals surface area contributed by atoms with E-state index in [1.54, 1.807) is 16.8 Å². The number of halogens is 1. The summed E-state index contributed by atoms with van der Waals surface area (Å²) in [5.41, 5.74) is 1.82. The van der Waals surface area contributed by atoms with Gasteiger partial charge in [0.2, 0.25) is 5.88 Å². The van der Waals surface area contributed by atoms with Crippen molar-refractivity contribution in [1.29, 1.82) is 0 Å². The third-order valence-corrected chi connectivity index (χ3v) is 3.08. The number of benzene rings is 1. The zero-order valence-electron chi connectivity index (χ0n) is 9.67. The first kappa shape index (κ1) is 11.2. The Kier molecular flexibility index (Phi) is 2.76. The van der Waals surface area contributed by atoms with Crippen molar-refractivity contribution in [2.45, 2.75) is 6.92 Å². The van der Waals surface area contributed by atoms with E-state index >= 15 is 0 Å². The standard InChI is InChI=1S/C13H10BrN3O/c1-9-8-10(14)2-3-11(9)18-13-5-7-17-12(16-13)4-6-15-17/h2-8H,1H3. The minimum atomic E-state index is 0.563. The summed E-state index contributed by atoms with van der Waals surface area (Å²) >= 11 is 3.43. The van der Waals surface area contributed by atoms with E-state index in [1.807, 2.05) is 37.4 Å². The fraction of sp³-hybridized carbons (Fsp3) is 0.0769. The third-order valence-electron chi connectivity index (χ3n) is 2.58. The smallest absolute Gasteiger partial charge is 0.222 e. The van der Waals surface area contributed by atoms with Gasteiger partial charge in [0.15, 0.2) is 5.65 Å². The second-order valence-corrected chi connectivity index (χ2v) is 4.83. The van der Waals surface area contributed by atoms with Gasteiger partial charge in [-0.3, -0.25) is 0 Å². The van der Waals surface area contributed by atoms with Crippen molar-refractivity contribution in [3.63, 3.8) is 0 Å². The van der Waals surface area contributed by atoms with E-state index in [1.165, 1.54) is 0 Å². The van der Waals surface area contributed by atoms with Crippen LogP contribution in [0.1, 0.15) is 5.56 Å². The SMILES string of the molecule is Cc1cc(Br)ccc1Oc1ccn2nccc2n1. The Bertz CT molecular complexity index is 708. The molecule has 0 atom stereocenters. The third kappa shape index (κ3) is 2.09. The normalized spacial score (nSPS) is 10.8. The van der Waals surface area contributed by atoms with Gasteiger partial charge in [-0.1, -0.05) is 15.9 Å². The van der Waals surface area contributed by atoms with Crippen LogP contribution < -0.4 is 4.74 Å². The van der Waals surface area contributed by atoms with Crippen molar-refractivity contribution in [3.8, 4) is 11.6 Å². The molecule has 2 heterocycles. The predicted molar refractivity (Wildman–Crippen MR) is 71.9 cm³/mol. The summed E-state index contributed by atoms with van der Waals surface area (Å²) in [4.78, 5) is 4.36. The lowest BCUT2D eigenvalue weighted by atomic mass is 10.2. The Morgan fingerprint density at radius 2 is 2.11 bits per heavy atom. The molecule has 0 aliphatic heterocycles. The van der Waals surface area contributed by atoms with Crippen molar-refractivity contribution in [2.24, 2.45) is 0 Å². The highest BCUT2D eigenvalue weighted by molar-refractivity contribution is 9.10. The Hall–Kier alpha value is -1.88. The highest BCUT2D eigenvalue weighted by atomic mass is 79.9. The first-order valence-electron chi connectivity index (χ1n) is 5.47. The Morgan fingerprint density at radius 1 is 1.22 bits per heavy atom. The summed E-state index contributed by atoms with van der Waals surface area (Å²) in [6.45, 7) is 2.00. The zero-order chi connectivity index (χ0) is 12.5. The van der Waals surface area contributed by atoms with Gasteiger partial charge in [-0.15, -0.1) is 0 Å². The molecule has 0 amide bonds. The average Bonchev–Trinajstić information content (AvgIpc) is 2.80. The largest absolute Gasteiger partial charge is 0.439 e. The summed E-state index contributed by atoms with van der Waals surface area (Å²) in [7, 11) is 0.